The lowest BCUT2D eigenvalue weighted by atomic mass is 10.2. The van der Waals surface area contributed by atoms with Gasteiger partial charge in [-0.1, -0.05) is 36.6 Å². The third-order valence-electron chi connectivity index (χ3n) is 3.72. The molecule has 1 aliphatic rings. The van der Waals surface area contributed by atoms with Crippen LogP contribution in [-0.2, 0) is 0 Å². The Hall–Kier alpha value is -1.81. The van der Waals surface area contributed by atoms with Crippen molar-refractivity contribution >= 4 is 28.9 Å². The number of anilines is 3. The summed E-state index contributed by atoms with van der Waals surface area (Å²) in [5.41, 5.74) is 0.861. The zero-order valence-corrected chi connectivity index (χ0v) is 12.7. The van der Waals surface area contributed by atoms with E-state index in [1.54, 1.807) is 6.33 Å². The van der Waals surface area contributed by atoms with Gasteiger partial charge in [0.05, 0.1) is 10.7 Å². The Kier molecular flexibility index (Phi) is 4.55. The van der Waals surface area contributed by atoms with Crippen LogP contribution in [0.3, 0.4) is 0 Å². The molecule has 21 heavy (non-hydrogen) atoms. The number of hydrogen-bond acceptors (Lipinski definition) is 4. The minimum atomic E-state index is 0.687. The topological polar surface area (TPSA) is 41.0 Å². The Labute approximate surface area is 130 Å². The van der Waals surface area contributed by atoms with Gasteiger partial charge in [-0.15, -0.1) is 0 Å². The van der Waals surface area contributed by atoms with Gasteiger partial charge in [0, 0.05) is 19.2 Å². The average Bonchev–Trinajstić information content (AvgIpc) is 2.79. The van der Waals surface area contributed by atoms with Crippen LogP contribution in [0.25, 0.3) is 0 Å². The molecule has 0 atom stereocenters. The third kappa shape index (κ3) is 3.64. The molecule has 0 spiro atoms. The van der Waals surface area contributed by atoms with Crippen LogP contribution in [0.5, 0.6) is 0 Å². The molecule has 1 aromatic carbocycles. The predicted molar refractivity (Wildman–Crippen MR) is 87.4 cm³/mol. The van der Waals surface area contributed by atoms with Crippen LogP contribution in [0.1, 0.15) is 25.7 Å². The summed E-state index contributed by atoms with van der Waals surface area (Å²) in [6.07, 6.45) is 6.70. The monoisotopic (exact) mass is 302 g/mol. The predicted octanol–water partition coefficient (Wildman–Crippen LogP) is 4.25. The highest BCUT2D eigenvalue weighted by Crippen LogP contribution is 2.25. The molecule has 1 aliphatic heterocycles. The van der Waals surface area contributed by atoms with Crippen molar-refractivity contribution in [1.82, 2.24) is 9.97 Å². The van der Waals surface area contributed by atoms with Gasteiger partial charge in [-0.25, -0.2) is 9.97 Å². The number of benzene rings is 1. The number of hydrogen-bond donors (Lipinski definition) is 1. The molecule has 5 heteroatoms. The van der Waals surface area contributed by atoms with Crippen molar-refractivity contribution in [3.05, 3.63) is 41.7 Å². The molecule has 3 rings (SSSR count). The van der Waals surface area contributed by atoms with Gasteiger partial charge in [0.2, 0.25) is 0 Å². The van der Waals surface area contributed by atoms with Gasteiger partial charge < -0.3 is 10.2 Å². The molecule has 2 aromatic rings. The molecule has 0 aliphatic carbocycles. The van der Waals surface area contributed by atoms with Crippen molar-refractivity contribution in [1.29, 1.82) is 0 Å². The fourth-order valence-electron chi connectivity index (χ4n) is 2.59. The van der Waals surface area contributed by atoms with E-state index in [4.69, 9.17) is 11.6 Å². The number of halogens is 1. The molecule has 0 bridgehead atoms. The van der Waals surface area contributed by atoms with Crippen molar-refractivity contribution in [3.63, 3.8) is 0 Å². The van der Waals surface area contributed by atoms with Gasteiger partial charge in [0.25, 0.3) is 0 Å². The highest BCUT2D eigenvalue weighted by Gasteiger charge is 2.12. The van der Waals surface area contributed by atoms with E-state index in [1.807, 2.05) is 30.3 Å². The van der Waals surface area contributed by atoms with Crippen LogP contribution in [0.15, 0.2) is 36.7 Å². The van der Waals surface area contributed by atoms with Crippen LogP contribution in [-0.4, -0.2) is 23.1 Å². The number of nitrogens with zero attached hydrogens (tertiary/aromatic N) is 3. The Balaban J connectivity index is 1.78. The Morgan fingerprint density at radius 2 is 1.76 bits per heavy atom. The molecule has 1 N–H and O–H groups in total. The lowest BCUT2D eigenvalue weighted by Crippen LogP contribution is -2.25. The van der Waals surface area contributed by atoms with Crippen molar-refractivity contribution in [2.75, 3.05) is 23.3 Å². The van der Waals surface area contributed by atoms with Crippen molar-refractivity contribution in [2.24, 2.45) is 0 Å². The lowest BCUT2D eigenvalue weighted by Gasteiger charge is -2.21. The summed E-state index contributed by atoms with van der Waals surface area (Å²) < 4.78 is 0. The van der Waals surface area contributed by atoms with Gasteiger partial charge in [0.1, 0.15) is 18.0 Å². The highest BCUT2D eigenvalue weighted by molar-refractivity contribution is 6.33. The molecule has 0 unspecified atom stereocenters. The molecular formula is C16H19ClN4. The minimum Gasteiger partial charge on any atom is -0.356 e. The maximum atomic E-state index is 6.17. The van der Waals surface area contributed by atoms with Gasteiger partial charge >= 0.3 is 0 Å². The molecule has 110 valence electrons. The van der Waals surface area contributed by atoms with Crippen molar-refractivity contribution in [3.8, 4) is 0 Å². The van der Waals surface area contributed by atoms with E-state index in [2.05, 4.69) is 20.2 Å². The molecule has 1 aromatic heterocycles. The molecule has 1 fully saturated rings. The average molecular weight is 303 g/mol. The minimum absolute atomic E-state index is 0.687. The zero-order valence-electron chi connectivity index (χ0n) is 11.9. The summed E-state index contributed by atoms with van der Waals surface area (Å²) in [7, 11) is 0. The molecule has 0 radical (unpaired) electrons. The van der Waals surface area contributed by atoms with E-state index in [0.717, 1.165) is 30.4 Å². The standard InChI is InChI=1S/C16H19ClN4/c17-13-7-3-4-8-14(13)20-15-11-16(19-12-18-15)21-9-5-1-2-6-10-21/h3-4,7-8,11-12H,1-2,5-6,9-10H2,(H,18,19,20). The maximum Gasteiger partial charge on any atom is 0.135 e. The fraction of sp³-hybridized carbons (Fsp3) is 0.375. The molecule has 1 saturated heterocycles. The number of aromatic nitrogens is 2. The largest absolute Gasteiger partial charge is 0.356 e. The highest BCUT2D eigenvalue weighted by atomic mass is 35.5. The zero-order chi connectivity index (χ0) is 14.5. The summed E-state index contributed by atoms with van der Waals surface area (Å²) in [5, 5.41) is 3.95. The van der Waals surface area contributed by atoms with Crippen LogP contribution in [0, 0.1) is 0 Å². The lowest BCUT2D eigenvalue weighted by molar-refractivity contribution is 0.726. The van der Waals surface area contributed by atoms with Crippen LogP contribution >= 0.6 is 11.6 Å². The molecule has 4 nitrogen and oxygen atoms in total. The van der Waals surface area contributed by atoms with Gasteiger partial charge in [-0.2, -0.15) is 0 Å². The molecular weight excluding hydrogens is 284 g/mol. The van der Waals surface area contributed by atoms with E-state index in [1.165, 1.54) is 25.7 Å². The Morgan fingerprint density at radius 3 is 2.52 bits per heavy atom. The van der Waals surface area contributed by atoms with E-state index in [0.29, 0.717) is 5.02 Å². The van der Waals surface area contributed by atoms with E-state index < -0.39 is 0 Å². The smallest absolute Gasteiger partial charge is 0.135 e. The summed E-state index contributed by atoms with van der Waals surface area (Å²) >= 11 is 6.17. The Morgan fingerprint density at radius 1 is 1.00 bits per heavy atom. The van der Waals surface area contributed by atoms with Crippen LogP contribution < -0.4 is 10.2 Å². The van der Waals surface area contributed by atoms with Gasteiger partial charge in [-0.05, 0) is 25.0 Å². The SMILES string of the molecule is Clc1ccccc1Nc1cc(N2CCCCCC2)ncn1. The first-order valence-corrected chi connectivity index (χ1v) is 7.79. The summed E-state index contributed by atoms with van der Waals surface area (Å²) in [6.45, 7) is 2.14. The van der Waals surface area contributed by atoms with E-state index in [-0.39, 0.29) is 0 Å². The molecule has 0 saturated carbocycles. The fourth-order valence-corrected chi connectivity index (χ4v) is 2.77. The summed E-state index contributed by atoms with van der Waals surface area (Å²) in [6, 6.07) is 9.66. The maximum absolute atomic E-state index is 6.17. The Bertz CT molecular complexity index is 594. The van der Waals surface area contributed by atoms with E-state index in [9.17, 15) is 0 Å². The van der Waals surface area contributed by atoms with Gasteiger partial charge in [0.15, 0.2) is 0 Å². The number of para-hydroxylation sites is 1. The first-order valence-electron chi connectivity index (χ1n) is 7.41. The van der Waals surface area contributed by atoms with Crippen molar-refractivity contribution in [2.45, 2.75) is 25.7 Å². The summed E-state index contributed by atoms with van der Waals surface area (Å²) in [5.74, 6) is 1.76. The third-order valence-corrected chi connectivity index (χ3v) is 4.05. The second-order valence-corrected chi connectivity index (χ2v) is 5.67. The molecule has 2 heterocycles. The van der Waals surface area contributed by atoms with Crippen molar-refractivity contribution < 1.29 is 0 Å². The van der Waals surface area contributed by atoms with Crippen LogP contribution in [0.4, 0.5) is 17.3 Å². The number of nitrogens with one attached hydrogen (secondary N) is 1. The second-order valence-electron chi connectivity index (χ2n) is 5.27. The first kappa shape index (κ1) is 14.1. The number of rotatable bonds is 3. The van der Waals surface area contributed by atoms with Gasteiger partial charge in [-0.3, -0.25) is 0 Å². The normalized spacial score (nSPS) is 15.6. The molecule has 0 amide bonds. The quantitative estimate of drug-likeness (QED) is 0.920. The summed E-state index contributed by atoms with van der Waals surface area (Å²) in [4.78, 5) is 11.0. The first-order chi connectivity index (χ1) is 10.3. The van der Waals surface area contributed by atoms with Crippen LogP contribution in [0.2, 0.25) is 5.02 Å². The second kappa shape index (κ2) is 6.76. The van der Waals surface area contributed by atoms with E-state index >= 15 is 0 Å².